The van der Waals surface area contributed by atoms with Gasteiger partial charge in [-0.15, -0.1) is 0 Å². The number of rotatable bonds is 2. The van der Waals surface area contributed by atoms with Crippen molar-refractivity contribution in [2.75, 3.05) is 0 Å². The molecule has 16 heavy (non-hydrogen) atoms. The van der Waals surface area contributed by atoms with Crippen LogP contribution in [0.4, 0.5) is 0 Å². The van der Waals surface area contributed by atoms with E-state index in [0.29, 0.717) is 0 Å². The van der Waals surface area contributed by atoms with E-state index >= 15 is 0 Å². The number of hydrogen-bond acceptors (Lipinski definition) is 4. The Morgan fingerprint density at radius 3 is 2.25 bits per heavy atom. The second-order valence-electron chi connectivity index (χ2n) is 4.43. The fourth-order valence-corrected chi connectivity index (χ4v) is 1.10. The van der Waals surface area contributed by atoms with Crippen molar-refractivity contribution in [3.8, 4) is 0 Å². The first-order chi connectivity index (χ1) is 7.23. The topological polar surface area (TPSA) is 90.0 Å². The summed E-state index contributed by atoms with van der Waals surface area (Å²) in [6.07, 6.45) is 1.19. The van der Waals surface area contributed by atoms with E-state index < -0.39 is 17.1 Å². The first kappa shape index (κ1) is 12.2. The molecule has 0 spiro atoms. The standard InChI is InChI=1S/C9H14N4O3/c1-9(2,3)6(7(14)15)5-13-8(16)12(4)10-11-13/h5H,1-4H3,(H,14,15). The van der Waals surface area contributed by atoms with Crippen LogP contribution in [0, 0.1) is 5.41 Å². The molecule has 7 heteroatoms. The van der Waals surface area contributed by atoms with Crippen LogP contribution in [0.1, 0.15) is 20.8 Å². The molecule has 0 amide bonds. The Balaban J connectivity index is 3.29. The van der Waals surface area contributed by atoms with Gasteiger partial charge in [-0.3, -0.25) is 0 Å². The van der Waals surface area contributed by atoms with E-state index in [4.69, 9.17) is 5.11 Å². The van der Waals surface area contributed by atoms with Crippen LogP contribution in [-0.2, 0) is 11.8 Å². The summed E-state index contributed by atoms with van der Waals surface area (Å²) in [5.41, 5.74) is -0.971. The number of hydrogen-bond donors (Lipinski definition) is 1. The van der Waals surface area contributed by atoms with Crippen molar-refractivity contribution in [1.29, 1.82) is 0 Å². The first-order valence-corrected chi connectivity index (χ1v) is 4.67. The molecule has 1 aromatic heterocycles. The van der Waals surface area contributed by atoms with E-state index in [2.05, 4.69) is 10.4 Å². The molecule has 0 aliphatic heterocycles. The van der Waals surface area contributed by atoms with Crippen molar-refractivity contribution < 1.29 is 9.90 Å². The van der Waals surface area contributed by atoms with Crippen molar-refractivity contribution >= 4 is 12.2 Å². The van der Waals surface area contributed by atoms with Gasteiger partial charge in [0.2, 0.25) is 0 Å². The van der Waals surface area contributed by atoms with Gasteiger partial charge in [0.1, 0.15) is 0 Å². The van der Waals surface area contributed by atoms with Crippen molar-refractivity contribution in [2.24, 2.45) is 12.5 Å². The summed E-state index contributed by atoms with van der Waals surface area (Å²) in [7, 11) is 1.44. The summed E-state index contributed by atoms with van der Waals surface area (Å²) in [6, 6.07) is 0. The number of aryl methyl sites for hydroxylation is 1. The van der Waals surface area contributed by atoms with Crippen LogP contribution in [0.2, 0.25) is 0 Å². The molecule has 0 fully saturated rings. The summed E-state index contributed by atoms with van der Waals surface area (Å²) in [6.45, 7) is 5.23. The average molecular weight is 226 g/mol. The van der Waals surface area contributed by atoms with Crippen LogP contribution in [0.3, 0.4) is 0 Å². The number of carbonyl (C=O) groups is 1. The predicted octanol–water partition coefficient (Wildman–Crippen LogP) is -0.0516. The second-order valence-corrected chi connectivity index (χ2v) is 4.43. The van der Waals surface area contributed by atoms with Gasteiger partial charge in [0.05, 0.1) is 5.57 Å². The second kappa shape index (κ2) is 3.92. The van der Waals surface area contributed by atoms with E-state index in [1.165, 1.54) is 13.2 Å². The molecule has 0 atom stereocenters. The molecule has 1 heterocycles. The highest BCUT2D eigenvalue weighted by molar-refractivity contribution is 5.91. The zero-order valence-corrected chi connectivity index (χ0v) is 9.63. The van der Waals surface area contributed by atoms with Crippen LogP contribution in [0.15, 0.2) is 10.4 Å². The van der Waals surface area contributed by atoms with Gasteiger partial charge >= 0.3 is 11.7 Å². The maximum absolute atomic E-state index is 11.4. The third kappa shape index (κ3) is 2.36. The zero-order valence-electron chi connectivity index (χ0n) is 9.63. The Labute approximate surface area is 92.0 Å². The molecule has 0 saturated carbocycles. The summed E-state index contributed by atoms with van der Waals surface area (Å²) < 4.78 is 1.94. The molecule has 7 nitrogen and oxygen atoms in total. The van der Waals surface area contributed by atoms with Crippen LogP contribution in [0.5, 0.6) is 0 Å². The Morgan fingerprint density at radius 2 is 1.94 bits per heavy atom. The Hall–Kier alpha value is -1.92. The largest absolute Gasteiger partial charge is 0.478 e. The molecule has 0 radical (unpaired) electrons. The number of carboxylic acid groups (broad SMARTS) is 1. The summed E-state index contributed by atoms with van der Waals surface area (Å²) in [5, 5.41) is 16.0. The number of carboxylic acids is 1. The number of tetrazole rings is 1. The first-order valence-electron chi connectivity index (χ1n) is 4.67. The molecule has 0 aliphatic carbocycles. The van der Waals surface area contributed by atoms with Crippen molar-refractivity contribution in [3.05, 3.63) is 16.1 Å². The van der Waals surface area contributed by atoms with E-state index in [1.54, 1.807) is 20.8 Å². The molecule has 0 aromatic carbocycles. The van der Waals surface area contributed by atoms with Crippen molar-refractivity contribution in [2.45, 2.75) is 20.8 Å². The highest BCUT2D eigenvalue weighted by Crippen LogP contribution is 2.25. The lowest BCUT2D eigenvalue weighted by Gasteiger charge is -2.18. The minimum atomic E-state index is -1.08. The smallest absolute Gasteiger partial charge is 0.367 e. The van der Waals surface area contributed by atoms with E-state index in [0.717, 1.165) is 9.36 Å². The SMILES string of the molecule is Cn1nnn(C=C(C(=O)O)C(C)(C)C)c1=O. The molecule has 0 unspecified atom stereocenters. The van der Waals surface area contributed by atoms with Gasteiger partial charge in [0.15, 0.2) is 0 Å². The molecular formula is C9H14N4O3. The quantitative estimate of drug-likeness (QED) is 0.714. The average Bonchev–Trinajstić information content (AvgIpc) is 2.42. The predicted molar refractivity (Wildman–Crippen MR) is 56.6 cm³/mol. The Morgan fingerprint density at radius 1 is 1.38 bits per heavy atom. The molecular weight excluding hydrogens is 212 g/mol. The van der Waals surface area contributed by atoms with Crippen molar-refractivity contribution in [3.63, 3.8) is 0 Å². The molecule has 0 bridgehead atoms. The minimum Gasteiger partial charge on any atom is -0.478 e. The normalized spacial score (nSPS) is 12.9. The molecule has 88 valence electrons. The fourth-order valence-electron chi connectivity index (χ4n) is 1.10. The van der Waals surface area contributed by atoms with Gasteiger partial charge in [-0.25, -0.2) is 9.59 Å². The lowest BCUT2D eigenvalue weighted by atomic mass is 9.87. The third-order valence-electron chi connectivity index (χ3n) is 2.03. The van der Waals surface area contributed by atoms with Crippen molar-refractivity contribution in [1.82, 2.24) is 19.8 Å². The van der Waals surface area contributed by atoms with Crippen LogP contribution in [0.25, 0.3) is 6.20 Å². The summed E-state index contributed by atoms with van der Waals surface area (Å²) in [4.78, 5) is 22.4. The third-order valence-corrected chi connectivity index (χ3v) is 2.03. The molecule has 0 saturated heterocycles. The van der Waals surface area contributed by atoms with Gasteiger partial charge in [0.25, 0.3) is 0 Å². The van der Waals surface area contributed by atoms with Gasteiger partial charge in [0, 0.05) is 13.2 Å². The lowest BCUT2D eigenvalue weighted by molar-refractivity contribution is -0.133. The highest BCUT2D eigenvalue weighted by Gasteiger charge is 2.24. The summed E-state index contributed by atoms with van der Waals surface area (Å²) in [5.74, 6) is -1.08. The lowest BCUT2D eigenvalue weighted by Crippen LogP contribution is -2.23. The van der Waals surface area contributed by atoms with Gasteiger partial charge in [-0.05, 0) is 15.8 Å². The number of aliphatic carboxylic acids is 1. The fraction of sp³-hybridized carbons (Fsp3) is 0.556. The minimum absolute atomic E-state index is 0.0927. The summed E-state index contributed by atoms with van der Waals surface area (Å²) >= 11 is 0. The van der Waals surface area contributed by atoms with Crippen LogP contribution >= 0.6 is 0 Å². The maximum atomic E-state index is 11.4. The van der Waals surface area contributed by atoms with E-state index in [1.807, 2.05) is 0 Å². The Bertz CT molecular complexity index is 490. The molecule has 1 rings (SSSR count). The van der Waals surface area contributed by atoms with Gasteiger partial charge in [-0.1, -0.05) is 20.8 Å². The number of nitrogens with zero attached hydrogens (tertiary/aromatic N) is 4. The molecule has 1 N–H and O–H groups in total. The molecule has 0 aliphatic rings. The number of aromatic nitrogens is 4. The van der Waals surface area contributed by atoms with Crippen LogP contribution in [-0.4, -0.2) is 30.9 Å². The zero-order chi connectivity index (χ0) is 12.5. The monoisotopic (exact) mass is 226 g/mol. The van der Waals surface area contributed by atoms with Gasteiger partial charge < -0.3 is 5.11 Å². The highest BCUT2D eigenvalue weighted by atomic mass is 16.4. The molecule has 1 aromatic rings. The Kier molecular flexibility index (Phi) is 2.97. The van der Waals surface area contributed by atoms with E-state index in [9.17, 15) is 9.59 Å². The van der Waals surface area contributed by atoms with E-state index in [-0.39, 0.29) is 5.57 Å². The van der Waals surface area contributed by atoms with Crippen LogP contribution < -0.4 is 5.69 Å². The van der Waals surface area contributed by atoms with Gasteiger partial charge in [-0.2, -0.15) is 9.36 Å². The maximum Gasteiger partial charge on any atom is 0.367 e.